The summed E-state index contributed by atoms with van der Waals surface area (Å²) < 4.78 is 0. The van der Waals surface area contributed by atoms with Crippen LogP contribution in [-0.4, -0.2) is 30.6 Å². The summed E-state index contributed by atoms with van der Waals surface area (Å²) in [5, 5.41) is 16.6. The lowest BCUT2D eigenvalue weighted by Gasteiger charge is -2.22. The molecule has 1 unspecified atom stereocenters. The highest BCUT2D eigenvalue weighted by molar-refractivity contribution is 6.31. The molecule has 1 saturated heterocycles. The van der Waals surface area contributed by atoms with Gasteiger partial charge in [-0.2, -0.15) is 0 Å². The molecule has 0 aliphatic carbocycles. The highest BCUT2D eigenvalue weighted by Gasteiger charge is 2.21. The monoisotopic (exact) mass is 282 g/mol. The van der Waals surface area contributed by atoms with Crippen molar-refractivity contribution in [1.82, 2.24) is 10.6 Å². The molecular formula is C14H19ClN2O2. The molecule has 0 radical (unpaired) electrons. The minimum absolute atomic E-state index is 0.0209. The Bertz CT molecular complexity index is 433. The van der Waals surface area contributed by atoms with Crippen molar-refractivity contribution in [2.75, 3.05) is 19.6 Å². The zero-order chi connectivity index (χ0) is 13.7. The Morgan fingerprint density at radius 2 is 2.11 bits per heavy atom. The largest absolute Gasteiger partial charge is 0.387 e. The first-order valence-electron chi connectivity index (χ1n) is 6.59. The molecule has 1 aliphatic heterocycles. The van der Waals surface area contributed by atoms with Crippen LogP contribution in [0.2, 0.25) is 5.02 Å². The molecule has 0 aromatic heterocycles. The van der Waals surface area contributed by atoms with Crippen molar-refractivity contribution in [2.24, 2.45) is 5.92 Å². The van der Waals surface area contributed by atoms with Gasteiger partial charge in [0, 0.05) is 23.0 Å². The van der Waals surface area contributed by atoms with Gasteiger partial charge in [0.25, 0.3) is 0 Å². The molecule has 1 atom stereocenters. The van der Waals surface area contributed by atoms with Gasteiger partial charge in [0.2, 0.25) is 5.91 Å². The molecule has 1 aliphatic rings. The molecule has 1 heterocycles. The standard InChI is InChI=1S/C14H19ClN2O2/c15-12-4-2-1-3-11(12)13(18)9-17-14(19)10-5-7-16-8-6-10/h1-4,10,13,16,18H,5-9H2,(H,17,19). The third-order valence-corrected chi connectivity index (χ3v) is 3.79. The van der Waals surface area contributed by atoms with Crippen molar-refractivity contribution in [1.29, 1.82) is 0 Å². The van der Waals surface area contributed by atoms with Crippen molar-refractivity contribution >= 4 is 17.5 Å². The minimum atomic E-state index is -0.764. The average molecular weight is 283 g/mol. The lowest BCUT2D eigenvalue weighted by atomic mass is 9.97. The highest BCUT2D eigenvalue weighted by atomic mass is 35.5. The smallest absolute Gasteiger partial charge is 0.223 e. The maximum absolute atomic E-state index is 11.9. The molecule has 1 aromatic carbocycles. The number of rotatable bonds is 4. The molecule has 1 fully saturated rings. The Balaban J connectivity index is 1.84. The van der Waals surface area contributed by atoms with Crippen molar-refractivity contribution in [2.45, 2.75) is 18.9 Å². The summed E-state index contributed by atoms with van der Waals surface area (Å²) in [6.07, 6.45) is 0.946. The normalized spacial score (nSPS) is 18.0. The molecule has 104 valence electrons. The van der Waals surface area contributed by atoms with E-state index in [2.05, 4.69) is 10.6 Å². The summed E-state index contributed by atoms with van der Waals surface area (Å²) in [5.74, 6) is 0.0762. The zero-order valence-corrected chi connectivity index (χ0v) is 11.5. The summed E-state index contributed by atoms with van der Waals surface area (Å²) in [7, 11) is 0. The van der Waals surface area contributed by atoms with Crippen LogP contribution < -0.4 is 10.6 Å². The van der Waals surface area contributed by atoms with E-state index in [1.54, 1.807) is 12.1 Å². The first kappa shape index (κ1) is 14.3. The lowest BCUT2D eigenvalue weighted by Crippen LogP contribution is -2.39. The Morgan fingerprint density at radius 1 is 1.42 bits per heavy atom. The number of piperidine rings is 1. The Labute approximate surface area is 118 Å². The predicted octanol–water partition coefficient (Wildman–Crippen LogP) is 1.49. The SMILES string of the molecule is O=C(NCC(O)c1ccccc1Cl)C1CCNCC1. The van der Waals surface area contributed by atoms with E-state index in [-0.39, 0.29) is 18.4 Å². The summed E-state index contributed by atoms with van der Waals surface area (Å²) in [4.78, 5) is 11.9. The van der Waals surface area contributed by atoms with Crippen LogP contribution in [0.4, 0.5) is 0 Å². The first-order valence-corrected chi connectivity index (χ1v) is 6.97. The lowest BCUT2D eigenvalue weighted by molar-refractivity contribution is -0.126. The number of amides is 1. The van der Waals surface area contributed by atoms with Crippen LogP contribution in [0.1, 0.15) is 24.5 Å². The molecule has 4 nitrogen and oxygen atoms in total. The molecular weight excluding hydrogens is 264 g/mol. The summed E-state index contributed by atoms with van der Waals surface area (Å²) >= 11 is 6.00. The van der Waals surface area contributed by atoms with Crippen LogP contribution in [0.5, 0.6) is 0 Å². The van der Waals surface area contributed by atoms with Gasteiger partial charge in [-0.25, -0.2) is 0 Å². The molecule has 19 heavy (non-hydrogen) atoms. The van der Waals surface area contributed by atoms with Crippen molar-refractivity contribution < 1.29 is 9.90 Å². The Hall–Kier alpha value is -1.10. The van der Waals surface area contributed by atoms with Crippen LogP contribution in [0.25, 0.3) is 0 Å². The number of nitrogens with one attached hydrogen (secondary N) is 2. The van der Waals surface area contributed by atoms with E-state index in [4.69, 9.17) is 11.6 Å². The fourth-order valence-corrected chi connectivity index (χ4v) is 2.54. The molecule has 2 rings (SSSR count). The molecule has 5 heteroatoms. The van der Waals surface area contributed by atoms with Crippen molar-refractivity contribution in [3.8, 4) is 0 Å². The molecule has 0 bridgehead atoms. The topological polar surface area (TPSA) is 61.4 Å². The third kappa shape index (κ3) is 3.93. The molecule has 3 N–H and O–H groups in total. The second-order valence-electron chi connectivity index (χ2n) is 4.81. The summed E-state index contributed by atoms with van der Waals surface area (Å²) in [6, 6.07) is 7.13. The van der Waals surface area contributed by atoms with Gasteiger partial charge in [0.1, 0.15) is 0 Å². The third-order valence-electron chi connectivity index (χ3n) is 3.44. The summed E-state index contributed by atoms with van der Waals surface area (Å²) in [5.41, 5.74) is 0.648. The van der Waals surface area contributed by atoms with E-state index in [1.165, 1.54) is 0 Å². The van der Waals surface area contributed by atoms with E-state index < -0.39 is 6.10 Å². The number of halogens is 1. The number of carbonyl (C=O) groups is 1. The van der Waals surface area contributed by atoms with E-state index in [0.717, 1.165) is 25.9 Å². The van der Waals surface area contributed by atoms with Crippen LogP contribution in [-0.2, 0) is 4.79 Å². The predicted molar refractivity (Wildman–Crippen MR) is 75.0 cm³/mol. The van der Waals surface area contributed by atoms with E-state index >= 15 is 0 Å². The minimum Gasteiger partial charge on any atom is -0.387 e. The fourth-order valence-electron chi connectivity index (χ4n) is 2.28. The maximum Gasteiger partial charge on any atom is 0.223 e. The number of aliphatic hydroxyl groups excluding tert-OH is 1. The number of hydrogen-bond acceptors (Lipinski definition) is 3. The van der Waals surface area contributed by atoms with Gasteiger partial charge in [-0.05, 0) is 32.0 Å². The van der Waals surface area contributed by atoms with Crippen LogP contribution >= 0.6 is 11.6 Å². The maximum atomic E-state index is 11.9. The molecule has 1 aromatic rings. The number of aliphatic hydroxyl groups is 1. The van der Waals surface area contributed by atoms with Gasteiger partial charge in [-0.3, -0.25) is 4.79 Å². The van der Waals surface area contributed by atoms with Crippen LogP contribution in [0, 0.1) is 5.92 Å². The van der Waals surface area contributed by atoms with E-state index in [0.29, 0.717) is 10.6 Å². The van der Waals surface area contributed by atoms with Gasteiger partial charge in [0.15, 0.2) is 0 Å². The highest BCUT2D eigenvalue weighted by Crippen LogP contribution is 2.22. The second-order valence-corrected chi connectivity index (χ2v) is 5.21. The molecule has 1 amide bonds. The number of benzene rings is 1. The Kier molecular flexibility index (Phi) is 5.19. The molecule has 0 spiro atoms. The van der Waals surface area contributed by atoms with Crippen molar-refractivity contribution in [3.63, 3.8) is 0 Å². The molecule has 0 saturated carbocycles. The van der Waals surface area contributed by atoms with Gasteiger partial charge in [-0.1, -0.05) is 29.8 Å². The number of hydrogen-bond donors (Lipinski definition) is 3. The average Bonchev–Trinajstić information content (AvgIpc) is 2.46. The van der Waals surface area contributed by atoms with Gasteiger partial charge in [-0.15, -0.1) is 0 Å². The quantitative estimate of drug-likeness (QED) is 0.784. The van der Waals surface area contributed by atoms with Crippen molar-refractivity contribution in [3.05, 3.63) is 34.9 Å². The van der Waals surface area contributed by atoms with Gasteiger partial charge >= 0.3 is 0 Å². The zero-order valence-electron chi connectivity index (χ0n) is 10.7. The van der Waals surface area contributed by atoms with Gasteiger partial charge in [0.05, 0.1) is 6.10 Å². The van der Waals surface area contributed by atoms with E-state index in [1.807, 2.05) is 12.1 Å². The first-order chi connectivity index (χ1) is 9.18. The summed E-state index contributed by atoms with van der Waals surface area (Å²) in [6.45, 7) is 1.96. The van der Waals surface area contributed by atoms with Crippen LogP contribution in [0.15, 0.2) is 24.3 Å². The number of carbonyl (C=O) groups excluding carboxylic acids is 1. The fraction of sp³-hybridized carbons (Fsp3) is 0.500. The van der Waals surface area contributed by atoms with Gasteiger partial charge < -0.3 is 15.7 Å². The second kappa shape index (κ2) is 6.89. The van der Waals surface area contributed by atoms with Crippen LogP contribution in [0.3, 0.4) is 0 Å². The van der Waals surface area contributed by atoms with E-state index in [9.17, 15) is 9.90 Å². The Morgan fingerprint density at radius 3 is 2.79 bits per heavy atom.